The van der Waals surface area contributed by atoms with Crippen molar-refractivity contribution >= 4 is 11.8 Å². The molecule has 0 fully saturated rings. The second kappa shape index (κ2) is 3.98. The first kappa shape index (κ1) is 8.08. The summed E-state index contributed by atoms with van der Waals surface area (Å²) in [6.07, 6.45) is 2.20. The Kier molecular flexibility index (Phi) is 2.93. The average Bonchev–Trinajstić information content (AvgIpc) is 2.37. The molecule has 4 nitrogen and oxygen atoms in total. The van der Waals surface area contributed by atoms with Gasteiger partial charge in [-0.1, -0.05) is 11.8 Å². The molecule has 1 rings (SSSR count). The SMILES string of the molecule is Cn1cnnc1SCCC#N. The Balaban J connectivity index is 2.40. The molecule has 0 aliphatic heterocycles. The van der Waals surface area contributed by atoms with Gasteiger partial charge in [-0.2, -0.15) is 5.26 Å². The summed E-state index contributed by atoms with van der Waals surface area (Å²) in [6, 6.07) is 2.07. The highest BCUT2D eigenvalue weighted by atomic mass is 32.2. The summed E-state index contributed by atoms with van der Waals surface area (Å²) in [7, 11) is 1.88. The molecule has 0 aliphatic carbocycles. The fraction of sp³-hybridized carbons (Fsp3) is 0.500. The standard InChI is InChI=1S/C6H8N4S/c1-10-5-8-9-6(10)11-4-2-3-7/h5H,2,4H2,1H3. The molecular formula is C6H8N4S. The quantitative estimate of drug-likeness (QED) is 0.495. The van der Waals surface area contributed by atoms with Gasteiger partial charge >= 0.3 is 0 Å². The summed E-state index contributed by atoms with van der Waals surface area (Å²) in [5, 5.41) is 16.7. The lowest BCUT2D eigenvalue weighted by Gasteiger charge is -1.94. The van der Waals surface area contributed by atoms with Gasteiger partial charge in [0.15, 0.2) is 5.16 Å². The molecule has 0 aromatic carbocycles. The number of hydrogen-bond donors (Lipinski definition) is 0. The molecule has 0 unspecified atom stereocenters. The van der Waals surface area contributed by atoms with Gasteiger partial charge < -0.3 is 4.57 Å². The summed E-state index contributed by atoms with van der Waals surface area (Å²) in [5.41, 5.74) is 0. The zero-order chi connectivity index (χ0) is 8.10. The van der Waals surface area contributed by atoms with Gasteiger partial charge in [0, 0.05) is 19.2 Å². The number of aryl methyl sites for hydroxylation is 1. The third-order valence-corrected chi connectivity index (χ3v) is 2.15. The second-order valence-corrected chi connectivity index (χ2v) is 3.04. The highest BCUT2D eigenvalue weighted by Crippen LogP contribution is 2.13. The number of hydrogen-bond acceptors (Lipinski definition) is 4. The Morgan fingerprint density at radius 2 is 2.64 bits per heavy atom. The molecule has 0 saturated carbocycles. The molecule has 1 aromatic heterocycles. The average molecular weight is 168 g/mol. The summed E-state index contributed by atoms with van der Waals surface area (Å²) in [6.45, 7) is 0. The van der Waals surface area contributed by atoms with E-state index in [4.69, 9.17) is 5.26 Å². The van der Waals surface area contributed by atoms with E-state index in [1.165, 1.54) is 0 Å². The second-order valence-electron chi connectivity index (χ2n) is 1.98. The predicted octanol–water partition coefficient (Wildman–Crippen LogP) is 0.821. The number of thioether (sulfide) groups is 1. The third-order valence-electron chi connectivity index (χ3n) is 1.11. The lowest BCUT2D eigenvalue weighted by Crippen LogP contribution is -1.89. The van der Waals surface area contributed by atoms with Crippen LogP contribution in [0.15, 0.2) is 11.5 Å². The van der Waals surface area contributed by atoms with E-state index in [1.807, 2.05) is 11.6 Å². The van der Waals surface area contributed by atoms with E-state index in [2.05, 4.69) is 16.3 Å². The first-order valence-electron chi connectivity index (χ1n) is 3.18. The fourth-order valence-electron chi connectivity index (χ4n) is 0.591. The van der Waals surface area contributed by atoms with Crippen molar-refractivity contribution < 1.29 is 0 Å². The summed E-state index contributed by atoms with van der Waals surface area (Å²) in [4.78, 5) is 0. The van der Waals surface area contributed by atoms with Gasteiger partial charge in [0.2, 0.25) is 0 Å². The van der Waals surface area contributed by atoms with Gasteiger partial charge in [0.1, 0.15) is 6.33 Å². The fourth-order valence-corrected chi connectivity index (χ4v) is 1.32. The van der Waals surface area contributed by atoms with Crippen LogP contribution in [0.25, 0.3) is 0 Å². The molecule has 11 heavy (non-hydrogen) atoms. The first-order valence-corrected chi connectivity index (χ1v) is 4.17. The van der Waals surface area contributed by atoms with Gasteiger partial charge in [-0.25, -0.2) is 0 Å². The molecule has 0 aliphatic rings. The maximum absolute atomic E-state index is 8.26. The van der Waals surface area contributed by atoms with Crippen LogP contribution in [0, 0.1) is 11.3 Å². The Bertz CT molecular complexity index is 262. The van der Waals surface area contributed by atoms with Crippen LogP contribution in [-0.2, 0) is 7.05 Å². The molecule has 0 saturated heterocycles. The topological polar surface area (TPSA) is 54.5 Å². The molecule has 5 heteroatoms. The van der Waals surface area contributed by atoms with Crippen molar-refractivity contribution in [3.63, 3.8) is 0 Å². The van der Waals surface area contributed by atoms with Crippen LogP contribution in [-0.4, -0.2) is 20.5 Å². The van der Waals surface area contributed by atoms with Crippen molar-refractivity contribution in [3.05, 3.63) is 6.33 Å². The molecule has 0 amide bonds. The lowest BCUT2D eigenvalue weighted by atomic mass is 10.6. The number of aromatic nitrogens is 3. The van der Waals surface area contributed by atoms with E-state index in [1.54, 1.807) is 18.1 Å². The summed E-state index contributed by atoms with van der Waals surface area (Å²) in [5.74, 6) is 0.781. The maximum Gasteiger partial charge on any atom is 0.190 e. The van der Waals surface area contributed by atoms with E-state index < -0.39 is 0 Å². The molecule has 0 spiro atoms. The van der Waals surface area contributed by atoms with Crippen molar-refractivity contribution in [1.82, 2.24) is 14.8 Å². The number of nitriles is 1. The first-order chi connectivity index (χ1) is 5.34. The van der Waals surface area contributed by atoms with Crippen molar-refractivity contribution in [2.45, 2.75) is 11.6 Å². The Hall–Kier alpha value is -1.02. The van der Waals surface area contributed by atoms with Crippen molar-refractivity contribution in [1.29, 1.82) is 5.26 Å². The van der Waals surface area contributed by atoms with E-state index in [9.17, 15) is 0 Å². The van der Waals surface area contributed by atoms with Crippen LogP contribution in [0.1, 0.15) is 6.42 Å². The molecule has 58 valence electrons. The molecule has 1 heterocycles. The van der Waals surface area contributed by atoms with Crippen LogP contribution >= 0.6 is 11.8 Å². The van der Waals surface area contributed by atoms with Gasteiger partial charge in [-0.15, -0.1) is 10.2 Å². The lowest BCUT2D eigenvalue weighted by molar-refractivity contribution is 0.788. The molecule has 1 aromatic rings. The van der Waals surface area contributed by atoms with E-state index in [-0.39, 0.29) is 0 Å². The summed E-state index contributed by atoms with van der Waals surface area (Å²) >= 11 is 1.55. The predicted molar refractivity (Wildman–Crippen MR) is 42.0 cm³/mol. The summed E-state index contributed by atoms with van der Waals surface area (Å²) < 4.78 is 1.84. The van der Waals surface area contributed by atoms with Crippen molar-refractivity contribution in [2.75, 3.05) is 5.75 Å². The maximum atomic E-state index is 8.26. The van der Waals surface area contributed by atoms with Gasteiger partial charge in [0.25, 0.3) is 0 Å². The van der Waals surface area contributed by atoms with E-state index in [0.29, 0.717) is 6.42 Å². The molecule has 0 atom stereocenters. The van der Waals surface area contributed by atoms with Gasteiger partial charge in [0.05, 0.1) is 6.07 Å². The number of nitrogens with zero attached hydrogens (tertiary/aromatic N) is 4. The van der Waals surface area contributed by atoms with Gasteiger partial charge in [-0.05, 0) is 0 Å². The highest BCUT2D eigenvalue weighted by molar-refractivity contribution is 7.99. The zero-order valence-corrected chi connectivity index (χ0v) is 7.01. The Labute approximate surface area is 69.2 Å². The molecule has 0 radical (unpaired) electrons. The zero-order valence-electron chi connectivity index (χ0n) is 6.19. The Morgan fingerprint density at radius 3 is 3.18 bits per heavy atom. The van der Waals surface area contributed by atoms with Crippen LogP contribution in [0.3, 0.4) is 0 Å². The normalized spacial score (nSPS) is 9.45. The minimum absolute atomic E-state index is 0.553. The minimum atomic E-state index is 0.553. The van der Waals surface area contributed by atoms with Crippen LogP contribution in [0.4, 0.5) is 0 Å². The molecular weight excluding hydrogens is 160 g/mol. The number of rotatable bonds is 3. The smallest absolute Gasteiger partial charge is 0.190 e. The monoisotopic (exact) mass is 168 g/mol. The molecule has 0 N–H and O–H groups in total. The van der Waals surface area contributed by atoms with Gasteiger partial charge in [-0.3, -0.25) is 0 Å². The Morgan fingerprint density at radius 1 is 1.82 bits per heavy atom. The van der Waals surface area contributed by atoms with Crippen LogP contribution in [0.5, 0.6) is 0 Å². The molecule has 0 bridgehead atoms. The minimum Gasteiger partial charge on any atom is -0.312 e. The highest BCUT2D eigenvalue weighted by Gasteiger charge is 1.98. The van der Waals surface area contributed by atoms with Crippen LogP contribution in [0.2, 0.25) is 0 Å². The third kappa shape index (κ3) is 2.24. The largest absolute Gasteiger partial charge is 0.312 e. The van der Waals surface area contributed by atoms with Crippen molar-refractivity contribution in [3.8, 4) is 6.07 Å². The van der Waals surface area contributed by atoms with E-state index in [0.717, 1.165) is 10.9 Å². The van der Waals surface area contributed by atoms with Crippen LogP contribution < -0.4 is 0 Å². The van der Waals surface area contributed by atoms with Crippen molar-refractivity contribution in [2.24, 2.45) is 7.05 Å². The van der Waals surface area contributed by atoms with E-state index >= 15 is 0 Å².